The van der Waals surface area contributed by atoms with Crippen LogP contribution in [-0.2, 0) is 27.8 Å². The van der Waals surface area contributed by atoms with Crippen LogP contribution in [0.25, 0.3) is 10.8 Å². The Hall–Kier alpha value is -3.42. The molecule has 33 heavy (non-hydrogen) atoms. The van der Waals surface area contributed by atoms with Crippen molar-refractivity contribution in [2.75, 3.05) is 0 Å². The van der Waals surface area contributed by atoms with E-state index >= 15 is 0 Å². The Kier molecular flexibility index (Phi) is 5.74. The minimum absolute atomic E-state index is 0.0654. The number of carbonyl (C=O) groups is 1. The zero-order chi connectivity index (χ0) is 22.8. The quantitative estimate of drug-likeness (QED) is 0.432. The third-order valence-electron chi connectivity index (χ3n) is 6.07. The number of carbonyl (C=O) groups excluding carboxylic acids is 1. The van der Waals surface area contributed by atoms with E-state index in [1.807, 2.05) is 42.6 Å². The van der Waals surface area contributed by atoms with E-state index < -0.39 is 10.0 Å². The first-order valence-corrected chi connectivity index (χ1v) is 12.3. The third-order valence-corrected chi connectivity index (χ3v) is 7.47. The van der Waals surface area contributed by atoms with E-state index in [4.69, 9.17) is 0 Å². The molecule has 1 aliphatic rings. The monoisotopic (exact) mass is 457 g/mol. The highest BCUT2D eigenvalue weighted by atomic mass is 32.2. The Morgan fingerprint density at radius 1 is 0.909 bits per heavy atom. The maximum absolute atomic E-state index is 12.9. The van der Waals surface area contributed by atoms with Gasteiger partial charge in [-0.15, -0.1) is 0 Å². The number of rotatable bonds is 8. The Morgan fingerprint density at radius 2 is 1.79 bits per heavy atom. The van der Waals surface area contributed by atoms with E-state index in [0.717, 1.165) is 33.9 Å². The minimum atomic E-state index is -3.66. The fourth-order valence-corrected chi connectivity index (χ4v) is 5.24. The second kappa shape index (κ2) is 8.84. The maximum atomic E-state index is 12.9. The highest BCUT2D eigenvalue weighted by Gasteiger charge is 2.43. The molecule has 166 valence electrons. The first kappa shape index (κ1) is 21.4. The molecular formula is C26H23N3O3S. The summed E-state index contributed by atoms with van der Waals surface area (Å²) in [6.07, 6.45) is 7.97. The summed E-state index contributed by atoms with van der Waals surface area (Å²) in [6, 6.07) is 18.4. The Bertz CT molecular complexity index is 1420. The Morgan fingerprint density at radius 3 is 2.64 bits per heavy atom. The number of benzene rings is 2. The molecule has 1 N–H and O–H groups in total. The van der Waals surface area contributed by atoms with Gasteiger partial charge < -0.3 is 0 Å². The molecule has 1 aliphatic carbocycles. The topological polar surface area (TPSA) is 89.0 Å². The summed E-state index contributed by atoms with van der Waals surface area (Å²) < 4.78 is 28.1. The third kappa shape index (κ3) is 4.84. The van der Waals surface area contributed by atoms with Crippen LogP contribution < -0.4 is 4.72 Å². The van der Waals surface area contributed by atoms with Crippen LogP contribution in [0.1, 0.15) is 29.0 Å². The number of fused-ring (bicyclic) bond motifs is 1. The molecule has 0 spiro atoms. The predicted octanol–water partition coefficient (Wildman–Crippen LogP) is 4.02. The number of ketones is 1. The minimum Gasteiger partial charge on any atom is -0.299 e. The van der Waals surface area contributed by atoms with Gasteiger partial charge in [0.15, 0.2) is 0 Å². The smallest absolute Gasteiger partial charge is 0.240 e. The molecule has 5 rings (SSSR count). The van der Waals surface area contributed by atoms with Crippen molar-refractivity contribution >= 4 is 26.6 Å². The van der Waals surface area contributed by atoms with Crippen LogP contribution in [0, 0.1) is 5.92 Å². The lowest BCUT2D eigenvalue weighted by Crippen LogP contribution is -2.23. The lowest BCUT2D eigenvalue weighted by atomic mass is 10.0. The molecular weight excluding hydrogens is 434 g/mol. The van der Waals surface area contributed by atoms with Crippen molar-refractivity contribution in [3.8, 4) is 0 Å². The van der Waals surface area contributed by atoms with Crippen molar-refractivity contribution in [2.45, 2.75) is 30.2 Å². The van der Waals surface area contributed by atoms with Gasteiger partial charge >= 0.3 is 0 Å². The molecule has 2 heterocycles. The summed E-state index contributed by atoms with van der Waals surface area (Å²) in [5.74, 6) is 0.187. The van der Waals surface area contributed by atoms with Crippen LogP contribution in [0.4, 0.5) is 0 Å². The molecule has 2 aromatic carbocycles. The number of nitrogens with zero attached hydrogens (tertiary/aromatic N) is 2. The summed E-state index contributed by atoms with van der Waals surface area (Å²) >= 11 is 0. The van der Waals surface area contributed by atoms with Crippen molar-refractivity contribution < 1.29 is 13.2 Å². The van der Waals surface area contributed by atoms with Crippen LogP contribution in [0.3, 0.4) is 0 Å². The standard InChI is InChI=1S/C26H23N3O3S/c30-26(12-18-6-7-22-17-28-10-8-20(22)11-18)25-14-24(25)21-4-1-5-23(13-21)33(31,32)29-16-19-3-2-9-27-15-19/h1-11,13,15,17,24-25,29H,12,14,16H2/t24-,25+/m0/s1. The molecule has 0 radical (unpaired) electrons. The normalized spacial score (nSPS) is 17.7. The van der Waals surface area contributed by atoms with Gasteiger partial charge in [0.25, 0.3) is 0 Å². The number of Topliss-reactive ketones (excluding diaryl/α,β-unsaturated/α-hetero) is 1. The molecule has 4 aromatic rings. The molecule has 1 saturated carbocycles. The van der Waals surface area contributed by atoms with Crippen molar-refractivity contribution in [3.63, 3.8) is 0 Å². The molecule has 0 bridgehead atoms. The van der Waals surface area contributed by atoms with Gasteiger partial charge in [0.05, 0.1) is 4.90 Å². The molecule has 0 saturated heterocycles. The molecule has 0 aliphatic heterocycles. The van der Waals surface area contributed by atoms with E-state index in [9.17, 15) is 13.2 Å². The van der Waals surface area contributed by atoms with Gasteiger partial charge in [0.2, 0.25) is 10.0 Å². The van der Waals surface area contributed by atoms with Gasteiger partial charge in [-0.3, -0.25) is 14.8 Å². The van der Waals surface area contributed by atoms with Gasteiger partial charge in [-0.1, -0.05) is 36.4 Å². The molecule has 2 aromatic heterocycles. The van der Waals surface area contributed by atoms with Crippen LogP contribution in [-0.4, -0.2) is 24.2 Å². The number of aromatic nitrogens is 2. The second-order valence-corrected chi connectivity index (χ2v) is 10.2. The van der Waals surface area contributed by atoms with Crippen molar-refractivity contribution in [1.29, 1.82) is 0 Å². The first-order chi connectivity index (χ1) is 16.0. The van der Waals surface area contributed by atoms with Gasteiger partial charge in [-0.2, -0.15) is 0 Å². The van der Waals surface area contributed by atoms with E-state index in [1.54, 1.807) is 42.9 Å². The highest BCUT2D eigenvalue weighted by molar-refractivity contribution is 7.89. The number of hydrogen-bond donors (Lipinski definition) is 1. The molecule has 6 nitrogen and oxygen atoms in total. The summed E-state index contributed by atoms with van der Waals surface area (Å²) in [6.45, 7) is 0.173. The fourth-order valence-electron chi connectivity index (χ4n) is 4.17. The average Bonchev–Trinajstić information content (AvgIpc) is 3.65. The largest absolute Gasteiger partial charge is 0.299 e. The van der Waals surface area contributed by atoms with Gasteiger partial charge in [0.1, 0.15) is 5.78 Å². The number of nitrogens with one attached hydrogen (secondary N) is 1. The van der Waals surface area contributed by atoms with E-state index in [1.165, 1.54) is 0 Å². The molecule has 0 amide bonds. The van der Waals surface area contributed by atoms with Crippen LogP contribution >= 0.6 is 0 Å². The Labute approximate surface area is 192 Å². The van der Waals surface area contributed by atoms with Crippen LogP contribution in [0.2, 0.25) is 0 Å². The van der Waals surface area contributed by atoms with Gasteiger partial charge in [0, 0.05) is 49.1 Å². The van der Waals surface area contributed by atoms with Crippen molar-refractivity contribution in [2.24, 2.45) is 5.92 Å². The molecule has 1 fully saturated rings. The summed E-state index contributed by atoms with van der Waals surface area (Å²) in [4.78, 5) is 21.2. The number of hydrogen-bond acceptors (Lipinski definition) is 5. The summed E-state index contributed by atoms with van der Waals surface area (Å²) in [5.41, 5.74) is 2.66. The molecule has 0 unspecified atom stereocenters. The summed E-state index contributed by atoms with van der Waals surface area (Å²) in [7, 11) is -3.66. The highest BCUT2D eigenvalue weighted by Crippen LogP contribution is 2.48. The number of sulfonamides is 1. The van der Waals surface area contributed by atoms with Crippen molar-refractivity contribution in [3.05, 3.63) is 102 Å². The van der Waals surface area contributed by atoms with Gasteiger partial charge in [-0.25, -0.2) is 13.1 Å². The Balaban J connectivity index is 1.25. The zero-order valence-corrected chi connectivity index (χ0v) is 18.7. The van der Waals surface area contributed by atoms with Crippen molar-refractivity contribution in [1.82, 2.24) is 14.7 Å². The lowest BCUT2D eigenvalue weighted by Gasteiger charge is -2.09. The van der Waals surface area contributed by atoms with Crippen LogP contribution in [0.5, 0.6) is 0 Å². The zero-order valence-electron chi connectivity index (χ0n) is 17.9. The SMILES string of the molecule is O=C(Cc1ccc2cnccc2c1)[C@@H]1C[C@H]1c1cccc(S(=O)(=O)NCc2cccnc2)c1. The summed E-state index contributed by atoms with van der Waals surface area (Å²) in [5, 5.41) is 2.12. The predicted molar refractivity (Wildman–Crippen MR) is 126 cm³/mol. The maximum Gasteiger partial charge on any atom is 0.240 e. The van der Waals surface area contributed by atoms with Crippen LogP contribution in [0.15, 0.2) is 90.3 Å². The van der Waals surface area contributed by atoms with E-state index in [2.05, 4.69) is 14.7 Å². The van der Waals surface area contributed by atoms with E-state index in [-0.39, 0.29) is 29.1 Å². The fraction of sp³-hybridized carbons (Fsp3) is 0.192. The number of pyridine rings is 2. The van der Waals surface area contributed by atoms with Gasteiger partial charge in [-0.05, 0) is 58.7 Å². The molecule has 2 atom stereocenters. The lowest BCUT2D eigenvalue weighted by molar-refractivity contribution is -0.119. The first-order valence-electron chi connectivity index (χ1n) is 10.8. The van der Waals surface area contributed by atoms with E-state index in [0.29, 0.717) is 6.42 Å². The average molecular weight is 458 g/mol. The molecule has 7 heteroatoms. The second-order valence-electron chi connectivity index (χ2n) is 8.41.